The minimum absolute atomic E-state index is 0.121. The first-order chi connectivity index (χ1) is 8.17. The fourth-order valence-corrected chi connectivity index (χ4v) is 2.53. The zero-order valence-electron chi connectivity index (χ0n) is 10.6. The van der Waals surface area contributed by atoms with Crippen molar-refractivity contribution in [2.75, 3.05) is 20.2 Å². The number of methoxy groups -OCH3 is 1. The second kappa shape index (κ2) is 5.15. The van der Waals surface area contributed by atoms with E-state index in [1.165, 1.54) is 6.07 Å². The number of piperidine rings is 1. The van der Waals surface area contributed by atoms with Crippen LogP contribution >= 0.6 is 0 Å². The van der Waals surface area contributed by atoms with E-state index < -0.39 is 0 Å². The van der Waals surface area contributed by atoms with Crippen LogP contribution in [0, 0.1) is 12.7 Å². The molecule has 1 aromatic rings. The maximum atomic E-state index is 13.5. The molecule has 1 aromatic carbocycles. The monoisotopic (exact) mass is 237 g/mol. The highest BCUT2D eigenvalue weighted by molar-refractivity contribution is 5.28. The first-order valence-corrected chi connectivity index (χ1v) is 6.17. The standard InChI is InChI=1S/C14H20FNO/c1-11-12(4-3-5-13(11)15)10-14(17-2)6-8-16-9-7-14/h3-5,16H,6-10H2,1-2H3. The van der Waals surface area contributed by atoms with Gasteiger partial charge in [-0.25, -0.2) is 4.39 Å². The van der Waals surface area contributed by atoms with E-state index in [9.17, 15) is 4.39 Å². The molecular formula is C14H20FNO. The van der Waals surface area contributed by atoms with Crippen LogP contribution in [0.25, 0.3) is 0 Å². The van der Waals surface area contributed by atoms with Gasteiger partial charge in [-0.15, -0.1) is 0 Å². The normalized spacial score (nSPS) is 19.2. The number of nitrogens with one attached hydrogen (secondary N) is 1. The summed E-state index contributed by atoms with van der Waals surface area (Å²) < 4.78 is 19.2. The summed E-state index contributed by atoms with van der Waals surface area (Å²) in [6.07, 6.45) is 2.77. The Morgan fingerprint density at radius 1 is 1.35 bits per heavy atom. The minimum Gasteiger partial charge on any atom is -0.378 e. The molecule has 3 heteroatoms. The highest BCUT2D eigenvalue weighted by Gasteiger charge is 2.32. The first-order valence-electron chi connectivity index (χ1n) is 6.17. The van der Waals surface area contributed by atoms with Gasteiger partial charge in [-0.1, -0.05) is 12.1 Å². The van der Waals surface area contributed by atoms with Crippen molar-refractivity contribution in [2.24, 2.45) is 0 Å². The predicted molar refractivity (Wildman–Crippen MR) is 66.7 cm³/mol. The molecule has 0 atom stereocenters. The van der Waals surface area contributed by atoms with Crippen molar-refractivity contribution in [1.82, 2.24) is 5.32 Å². The van der Waals surface area contributed by atoms with Crippen LogP contribution in [0.1, 0.15) is 24.0 Å². The Balaban J connectivity index is 2.20. The second-order valence-electron chi connectivity index (χ2n) is 4.84. The summed E-state index contributed by atoms with van der Waals surface area (Å²) in [4.78, 5) is 0. The van der Waals surface area contributed by atoms with E-state index in [2.05, 4.69) is 5.32 Å². The summed E-state index contributed by atoms with van der Waals surface area (Å²) >= 11 is 0. The molecule has 0 aromatic heterocycles. The maximum absolute atomic E-state index is 13.5. The number of rotatable bonds is 3. The molecule has 1 N–H and O–H groups in total. The summed E-state index contributed by atoms with van der Waals surface area (Å²) in [7, 11) is 1.76. The van der Waals surface area contributed by atoms with Crippen LogP contribution in [0.3, 0.4) is 0 Å². The molecule has 0 amide bonds. The maximum Gasteiger partial charge on any atom is 0.126 e. The van der Waals surface area contributed by atoms with E-state index in [-0.39, 0.29) is 11.4 Å². The lowest BCUT2D eigenvalue weighted by Crippen LogP contribution is -2.45. The lowest BCUT2D eigenvalue weighted by Gasteiger charge is -2.37. The fourth-order valence-electron chi connectivity index (χ4n) is 2.53. The van der Waals surface area contributed by atoms with E-state index in [0.29, 0.717) is 0 Å². The number of hydrogen-bond acceptors (Lipinski definition) is 2. The van der Waals surface area contributed by atoms with E-state index >= 15 is 0 Å². The van der Waals surface area contributed by atoms with Crippen molar-refractivity contribution in [3.8, 4) is 0 Å². The fraction of sp³-hybridized carbons (Fsp3) is 0.571. The molecule has 94 valence electrons. The molecule has 0 saturated carbocycles. The van der Waals surface area contributed by atoms with Crippen molar-refractivity contribution in [3.63, 3.8) is 0 Å². The van der Waals surface area contributed by atoms with Gasteiger partial charge in [0.15, 0.2) is 0 Å². The van der Waals surface area contributed by atoms with E-state index in [0.717, 1.165) is 43.5 Å². The van der Waals surface area contributed by atoms with Crippen LogP contribution in [0.4, 0.5) is 4.39 Å². The summed E-state index contributed by atoms with van der Waals surface area (Å²) in [5, 5.41) is 3.33. The van der Waals surface area contributed by atoms with E-state index in [1.807, 2.05) is 13.0 Å². The Labute approximate surface area is 102 Å². The average molecular weight is 237 g/mol. The van der Waals surface area contributed by atoms with Crippen molar-refractivity contribution in [2.45, 2.75) is 31.8 Å². The van der Waals surface area contributed by atoms with Crippen molar-refractivity contribution < 1.29 is 9.13 Å². The van der Waals surface area contributed by atoms with Crippen LogP contribution in [-0.2, 0) is 11.2 Å². The average Bonchev–Trinajstić information content (AvgIpc) is 2.36. The van der Waals surface area contributed by atoms with Crippen LogP contribution < -0.4 is 5.32 Å². The number of benzene rings is 1. The lowest BCUT2D eigenvalue weighted by molar-refractivity contribution is -0.0335. The van der Waals surface area contributed by atoms with Crippen LogP contribution in [0.15, 0.2) is 18.2 Å². The van der Waals surface area contributed by atoms with Gasteiger partial charge >= 0.3 is 0 Å². The largest absolute Gasteiger partial charge is 0.378 e. The molecule has 0 aliphatic carbocycles. The Hall–Kier alpha value is -0.930. The zero-order valence-corrected chi connectivity index (χ0v) is 10.6. The van der Waals surface area contributed by atoms with Crippen molar-refractivity contribution >= 4 is 0 Å². The van der Waals surface area contributed by atoms with E-state index in [4.69, 9.17) is 4.74 Å². The molecule has 1 saturated heterocycles. The van der Waals surface area contributed by atoms with Crippen LogP contribution in [0.2, 0.25) is 0 Å². The number of halogens is 1. The third-order valence-electron chi connectivity index (χ3n) is 3.84. The van der Waals surface area contributed by atoms with Gasteiger partial charge in [0.2, 0.25) is 0 Å². The molecule has 2 nitrogen and oxygen atoms in total. The van der Waals surface area contributed by atoms with Crippen molar-refractivity contribution in [1.29, 1.82) is 0 Å². The first kappa shape index (κ1) is 12.5. The topological polar surface area (TPSA) is 21.3 Å². The van der Waals surface area contributed by atoms with Gasteiger partial charge in [0, 0.05) is 13.5 Å². The highest BCUT2D eigenvalue weighted by Crippen LogP contribution is 2.28. The van der Waals surface area contributed by atoms with Gasteiger partial charge in [-0.05, 0) is 50.0 Å². The number of ether oxygens (including phenoxy) is 1. The van der Waals surface area contributed by atoms with Gasteiger partial charge in [0.05, 0.1) is 5.60 Å². The molecule has 17 heavy (non-hydrogen) atoms. The molecule has 0 spiro atoms. The summed E-state index contributed by atoms with van der Waals surface area (Å²) in [5.41, 5.74) is 1.69. The Bertz CT molecular complexity index is 386. The molecule has 0 unspecified atom stereocenters. The van der Waals surface area contributed by atoms with Gasteiger partial charge in [0.25, 0.3) is 0 Å². The van der Waals surface area contributed by atoms with Gasteiger partial charge < -0.3 is 10.1 Å². The van der Waals surface area contributed by atoms with Crippen molar-refractivity contribution in [3.05, 3.63) is 35.1 Å². The molecule has 1 aliphatic heterocycles. The predicted octanol–water partition coefficient (Wildman–Crippen LogP) is 2.45. The molecule has 1 fully saturated rings. The van der Waals surface area contributed by atoms with Gasteiger partial charge in [0.1, 0.15) is 5.82 Å². The lowest BCUT2D eigenvalue weighted by atomic mass is 9.84. The Morgan fingerprint density at radius 3 is 2.71 bits per heavy atom. The van der Waals surface area contributed by atoms with Crippen LogP contribution in [-0.4, -0.2) is 25.8 Å². The quantitative estimate of drug-likeness (QED) is 0.872. The SMILES string of the molecule is COC1(Cc2cccc(F)c2C)CCNCC1. The Morgan fingerprint density at radius 2 is 2.06 bits per heavy atom. The minimum atomic E-state index is -0.123. The summed E-state index contributed by atoms with van der Waals surface area (Å²) in [6, 6.07) is 5.30. The third kappa shape index (κ3) is 2.67. The molecular weight excluding hydrogens is 217 g/mol. The second-order valence-corrected chi connectivity index (χ2v) is 4.84. The summed E-state index contributed by atoms with van der Waals surface area (Å²) in [5.74, 6) is -0.123. The molecule has 0 radical (unpaired) electrons. The molecule has 2 rings (SSSR count). The zero-order chi connectivity index (χ0) is 12.3. The van der Waals surface area contributed by atoms with Gasteiger partial charge in [-0.2, -0.15) is 0 Å². The molecule has 1 aliphatic rings. The third-order valence-corrected chi connectivity index (χ3v) is 3.84. The van der Waals surface area contributed by atoms with Gasteiger partial charge in [-0.3, -0.25) is 0 Å². The van der Waals surface area contributed by atoms with Crippen LogP contribution in [0.5, 0.6) is 0 Å². The van der Waals surface area contributed by atoms with E-state index in [1.54, 1.807) is 13.2 Å². The molecule has 0 bridgehead atoms. The molecule has 1 heterocycles. The smallest absolute Gasteiger partial charge is 0.126 e. The highest BCUT2D eigenvalue weighted by atomic mass is 19.1. The Kier molecular flexibility index (Phi) is 3.79. The summed E-state index contributed by atoms with van der Waals surface area (Å²) in [6.45, 7) is 3.79. The number of hydrogen-bond donors (Lipinski definition) is 1.